The molecule has 0 spiro atoms. The van der Waals surface area contributed by atoms with Crippen molar-refractivity contribution >= 4 is 30.1 Å². The maximum absolute atomic E-state index is 10.7. The highest BCUT2D eigenvalue weighted by Crippen LogP contribution is 2.22. The van der Waals surface area contributed by atoms with Crippen LogP contribution in [-0.4, -0.2) is 5.91 Å². The summed E-state index contributed by atoms with van der Waals surface area (Å²) < 4.78 is 0. The van der Waals surface area contributed by atoms with Crippen LogP contribution < -0.4 is 5.73 Å². The molecule has 0 aromatic heterocycles. The van der Waals surface area contributed by atoms with Crippen LogP contribution in [0.5, 0.6) is 0 Å². The third-order valence-corrected chi connectivity index (χ3v) is 2.18. The van der Waals surface area contributed by atoms with Crippen LogP contribution in [-0.2, 0) is 0 Å². The lowest BCUT2D eigenvalue weighted by atomic mass is 10.2. The predicted molar refractivity (Wildman–Crippen MR) is 47.2 cm³/mol. The minimum Gasteiger partial charge on any atom is -0.366 e. The van der Waals surface area contributed by atoms with Crippen molar-refractivity contribution in [3.63, 3.8) is 0 Å². The molecule has 0 saturated carbocycles. The standard InChI is InChI=1S/C7H6ClNOS/c8-5-3-1-2-4(6(5)11)7(9)10/h1-3,11H,(H2,9,10). The van der Waals surface area contributed by atoms with Crippen LogP contribution in [0, 0.1) is 0 Å². The minimum atomic E-state index is -0.516. The first kappa shape index (κ1) is 8.43. The average Bonchev–Trinajstić information content (AvgIpc) is 1.94. The molecule has 1 aromatic carbocycles. The van der Waals surface area contributed by atoms with Crippen LogP contribution in [0.15, 0.2) is 23.1 Å². The van der Waals surface area contributed by atoms with Gasteiger partial charge >= 0.3 is 0 Å². The summed E-state index contributed by atoms with van der Waals surface area (Å²) in [7, 11) is 0. The Hall–Kier alpha value is -0.670. The Morgan fingerprint density at radius 1 is 1.55 bits per heavy atom. The van der Waals surface area contributed by atoms with Gasteiger partial charge in [-0.25, -0.2) is 0 Å². The van der Waals surface area contributed by atoms with Gasteiger partial charge in [-0.1, -0.05) is 17.7 Å². The molecule has 0 radical (unpaired) electrons. The van der Waals surface area contributed by atoms with Gasteiger partial charge in [0.1, 0.15) is 0 Å². The van der Waals surface area contributed by atoms with Gasteiger partial charge in [-0.2, -0.15) is 0 Å². The fraction of sp³-hybridized carbons (Fsp3) is 0. The number of amides is 1. The summed E-state index contributed by atoms with van der Waals surface area (Å²) in [5.41, 5.74) is 5.38. The average molecular weight is 188 g/mol. The first-order chi connectivity index (χ1) is 5.13. The van der Waals surface area contributed by atoms with Crippen molar-refractivity contribution < 1.29 is 4.79 Å². The molecule has 4 heteroatoms. The number of thiol groups is 1. The molecule has 11 heavy (non-hydrogen) atoms. The second-order valence-corrected chi connectivity index (χ2v) is 2.85. The van der Waals surface area contributed by atoms with Gasteiger partial charge in [-0.15, -0.1) is 12.6 Å². The van der Waals surface area contributed by atoms with E-state index in [1.807, 2.05) is 0 Å². The van der Waals surface area contributed by atoms with Crippen molar-refractivity contribution in [3.05, 3.63) is 28.8 Å². The molecule has 0 aliphatic rings. The highest BCUT2D eigenvalue weighted by Gasteiger charge is 2.06. The van der Waals surface area contributed by atoms with Crippen LogP contribution in [0.25, 0.3) is 0 Å². The first-order valence-corrected chi connectivity index (χ1v) is 3.72. The second-order valence-electron chi connectivity index (χ2n) is 2.00. The summed E-state index contributed by atoms with van der Waals surface area (Å²) in [6, 6.07) is 4.88. The summed E-state index contributed by atoms with van der Waals surface area (Å²) in [6.07, 6.45) is 0. The van der Waals surface area contributed by atoms with E-state index in [0.29, 0.717) is 15.5 Å². The molecule has 0 unspecified atom stereocenters. The Balaban J connectivity index is 3.27. The molecule has 0 saturated heterocycles. The Kier molecular flexibility index (Phi) is 2.42. The zero-order valence-corrected chi connectivity index (χ0v) is 7.19. The number of primary amides is 1. The van der Waals surface area contributed by atoms with E-state index in [0.717, 1.165) is 0 Å². The molecular formula is C7H6ClNOS. The van der Waals surface area contributed by atoms with Crippen LogP contribution >= 0.6 is 24.2 Å². The molecule has 0 fully saturated rings. The van der Waals surface area contributed by atoms with Crippen LogP contribution in [0.1, 0.15) is 10.4 Å². The number of carbonyl (C=O) groups is 1. The molecule has 1 amide bonds. The quantitative estimate of drug-likeness (QED) is 0.647. The number of hydrogen-bond acceptors (Lipinski definition) is 2. The molecule has 0 aliphatic carbocycles. The lowest BCUT2D eigenvalue weighted by Crippen LogP contribution is -2.11. The smallest absolute Gasteiger partial charge is 0.249 e. The zero-order chi connectivity index (χ0) is 8.43. The van der Waals surface area contributed by atoms with Crippen LogP contribution in [0.4, 0.5) is 0 Å². The monoisotopic (exact) mass is 187 g/mol. The Morgan fingerprint density at radius 2 is 2.18 bits per heavy atom. The summed E-state index contributed by atoms with van der Waals surface area (Å²) in [5, 5.41) is 0.435. The Morgan fingerprint density at radius 3 is 2.64 bits per heavy atom. The molecule has 0 heterocycles. The van der Waals surface area contributed by atoms with Crippen LogP contribution in [0.3, 0.4) is 0 Å². The third kappa shape index (κ3) is 1.67. The Labute approximate surface area is 74.8 Å². The summed E-state index contributed by atoms with van der Waals surface area (Å²) in [4.78, 5) is 11.1. The van der Waals surface area contributed by atoms with Crippen molar-refractivity contribution in [1.82, 2.24) is 0 Å². The lowest BCUT2D eigenvalue weighted by molar-refractivity contribution is 0.0997. The van der Waals surface area contributed by atoms with Gasteiger partial charge in [0.05, 0.1) is 10.6 Å². The van der Waals surface area contributed by atoms with Crippen LogP contribution in [0.2, 0.25) is 5.02 Å². The molecular weight excluding hydrogens is 182 g/mol. The minimum absolute atomic E-state index is 0.348. The lowest BCUT2D eigenvalue weighted by Gasteiger charge is -2.00. The van der Waals surface area contributed by atoms with E-state index in [9.17, 15) is 4.79 Å². The SMILES string of the molecule is NC(=O)c1cccc(Cl)c1S. The summed E-state index contributed by atoms with van der Waals surface area (Å²) in [6.45, 7) is 0. The number of halogens is 1. The van der Waals surface area contributed by atoms with E-state index in [4.69, 9.17) is 17.3 Å². The highest BCUT2D eigenvalue weighted by atomic mass is 35.5. The highest BCUT2D eigenvalue weighted by molar-refractivity contribution is 7.80. The van der Waals surface area contributed by atoms with Gasteiger partial charge in [-0.05, 0) is 12.1 Å². The summed E-state index contributed by atoms with van der Waals surface area (Å²) >= 11 is 9.69. The molecule has 58 valence electrons. The molecule has 2 N–H and O–H groups in total. The molecule has 2 nitrogen and oxygen atoms in total. The number of nitrogens with two attached hydrogens (primary N) is 1. The van der Waals surface area contributed by atoms with Crippen molar-refractivity contribution in [3.8, 4) is 0 Å². The van der Waals surface area contributed by atoms with Gasteiger partial charge in [0.25, 0.3) is 0 Å². The van der Waals surface area contributed by atoms with Gasteiger partial charge in [-0.3, -0.25) is 4.79 Å². The van der Waals surface area contributed by atoms with E-state index in [1.54, 1.807) is 18.2 Å². The van der Waals surface area contributed by atoms with Crippen molar-refractivity contribution in [2.24, 2.45) is 5.73 Å². The zero-order valence-electron chi connectivity index (χ0n) is 5.54. The fourth-order valence-electron chi connectivity index (χ4n) is 0.714. The van der Waals surface area contributed by atoms with Crippen molar-refractivity contribution in [2.45, 2.75) is 4.90 Å². The topological polar surface area (TPSA) is 43.1 Å². The van der Waals surface area contributed by atoms with Gasteiger partial charge in [0.2, 0.25) is 5.91 Å². The largest absolute Gasteiger partial charge is 0.366 e. The molecule has 1 aromatic rings. The van der Waals surface area contributed by atoms with E-state index >= 15 is 0 Å². The normalized spacial score (nSPS) is 9.64. The second kappa shape index (κ2) is 3.15. The van der Waals surface area contributed by atoms with E-state index in [-0.39, 0.29) is 0 Å². The maximum Gasteiger partial charge on any atom is 0.249 e. The molecule has 0 atom stereocenters. The van der Waals surface area contributed by atoms with E-state index in [2.05, 4.69) is 12.6 Å². The first-order valence-electron chi connectivity index (χ1n) is 2.90. The van der Waals surface area contributed by atoms with Crippen molar-refractivity contribution in [2.75, 3.05) is 0 Å². The van der Waals surface area contributed by atoms with Gasteiger partial charge in [0.15, 0.2) is 0 Å². The predicted octanol–water partition coefficient (Wildman–Crippen LogP) is 1.73. The molecule has 0 aliphatic heterocycles. The molecule has 0 bridgehead atoms. The van der Waals surface area contributed by atoms with E-state index < -0.39 is 5.91 Å². The van der Waals surface area contributed by atoms with Crippen molar-refractivity contribution in [1.29, 1.82) is 0 Å². The Bertz CT molecular complexity index is 300. The molecule has 1 rings (SSSR count). The maximum atomic E-state index is 10.7. The number of rotatable bonds is 1. The third-order valence-electron chi connectivity index (χ3n) is 1.25. The fourth-order valence-corrected chi connectivity index (χ4v) is 1.15. The van der Waals surface area contributed by atoms with Gasteiger partial charge < -0.3 is 5.73 Å². The summed E-state index contributed by atoms with van der Waals surface area (Å²) in [5.74, 6) is -0.516. The number of hydrogen-bond donors (Lipinski definition) is 2. The number of carbonyl (C=O) groups excluding carboxylic acids is 1. The number of benzene rings is 1. The van der Waals surface area contributed by atoms with Gasteiger partial charge in [0, 0.05) is 4.90 Å². The van der Waals surface area contributed by atoms with E-state index in [1.165, 1.54) is 0 Å².